The molecule has 0 aliphatic heterocycles. The molecular formula is C21H19NO4S. The lowest BCUT2D eigenvalue weighted by Crippen LogP contribution is -2.21. The van der Waals surface area contributed by atoms with E-state index in [-0.39, 0.29) is 12.2 Å². The Bertz CT molecular complexity index is 982. The third-order valence-electron chi connectivity index (χ3n) is 4.03. The summed E-state index contributed by atoms with van der Waals surface area (Å²) in [5.74, 6) is -0.590. The van der Waals surface area contributed by atoms with Crippen LogP contribution in [0.15, 0.2) is 65.6 Å². The Labute approximate surface area is 161 Å². The number of carbonyl (C=O) groups excluding carboxylic acids is 2. The molecule has 138 valence electrons. The molecule has 0 aromatic heterocycles. The van der Waals surface area contributed by atoms with Crippen molar-refractivity contribution in [3.63, 3.8) is 0 Å². The Morgan fingerprint density at radius 1 is 1.04 bits per heavy atom. The maximum absolute atomic E-state index is 12.3. The zero-order valence-electron chi connectivity index (χ0n) is 15.0. The van der Waals surface area contributed by atoms with E-state index >= 15 is 0 Å². The Hall–Kier alpha value is -2.99. The Morgan fingerprint density at radius 3 is 2.59 bits per heavy atom. The van der Waals surface area contributed by atoms with Crippen LogP contribution < -0.4 is 10.1 Å². The number of hydrogen-bond acceptors (Lipinski definition) is 5. The highest BCUT2D eigenvalue weighted by Crippen LogP contribution is 2.26. The second kappa shape index (κ2) is 8.60. The maximum Gasteiger partial charge on any atom is 0.342 e. The molecule has 0 saturated heterocycles. The van der Waals surface area contributed by atoms with Gasteiger partial charge in [-0.15, -0.1) is 11.8 Å². The average molecular weight is 381 g/mol. The van der Waals surface area contributed by atoms with E-state index in [9.17, 15) is 9.59 Å². The Balaban J connectivity index is 1.66. The fourth-order valence-electron chi connectivity index (χ4n) is 2.70. The van der Waals surface area contributed by atoms with Gasteiger partial charge in [0.25, 0.3) is 5.91 Å². The van der Waals surface area contributed by atoms with E-state index in [0.29, 0.717) is 11.4 Å². The molecule has 0 saturated carbocycles. The summed E-state index contributed by atoms with van der Waals surface area (Å²) in [7, 11) is 1.49. The highest BCUT2D eigenvalue weighted by atomic mass is 32.2. The molecule has 0 atom stereocenters. The first-order valence-electron chi connectivity index (χ1n) is 8.29. The van der Waals surface area contributed by atoms with Gasteiger partial charge in [0, 0.05) is 16.0 Å². The van der Waals surface area contributed by atoms with Crippen LogP contribution >= 0.6 is 11.8 Å². The summed E-state index contributed by atoms with van der Waals surface area (Å²) in [5, 5.41) is 4.73. The number of fused-ring (bicyclic) bond motifs is 1. The molecule has 0 fully saturated rings. The summed E-state index contributed by atoms with van der Waals surface area (Å²) >= 11 is 1.54. The molecule has 3 rings (SSSR count). The zero-order valence-corrected chi connectivity index (χ0v) is 15.8. The lowest BCUT2D eigenvalue weighted by molar-refractivity contribution is -0.119. The number of anilines is 1. The molecule has 0 spiro atoms. The second-order valence-electron chi connectivity index (χ2n) is 5.72. The van der Waals surface area contributed by atoms with Crippen molar-refractivity contribution in [2.75, 3.05) is 25.3 Å². The molecule has 27 heavy (non-hydrogen) atoms. The van der Waals surface area contributed by atoms with Gasteiger partial charge < -0.3 is 14.8 Å². The van der Waals surface area contributed by atoms with Crippen molar-refractivity contribution in [3.8, 4) is 5.75 Å². The van der Waals surface area contributed by atoms with Crippen LogP contribution in [0.25, 0.3) is 10.8 Å². The van der Waals surface area contributed by atoms with Gasteiger partial charge in [-0.1, -0.05) is 36.4 Å². The molecule has 1 N–H and O–H groups in total. The van der Waals surface area contributed by atoms with Gasteiger partial charge in [0.1, 0.15) is 11.3 Å². The number of rotatable bonds is 6. The van der Waals surface area contributed by atoms with E-state index in [4.69, 9.17) is 9.47 Å². The number of nitrogens with one attached hydrogen (secondary N) is 1. The van der Waals surface area contributed by atoms with Gasteiger partial charge in [-0.3, -0.25) is 4.79 Å². The van der Waals surface area contributed by atoms with Gasteiger partial charge in [0.05, 0.1) is 7.11 Å². The number of benzene rings is 3. The van der Waals surface area contributed by atoms with Crippen LogP contribution in [0.2, 0.25) is 0 Å². The molecular weight excluding hydrogens is 362 g/mol. The molecule has 6 heteroatoms. The minimum Gasteiger partial charge on any atom is -0.496 e. The number of methoxy groups -OCH3 is 1. The topological polar surface area (TPSA) is 64.6 Å². The van der Waals surface area contributed by atoms with E-state index in [1.807, 2.05) is 48.7 Å². The molecule has 5 nitrogen and oxygen atoms in total. The summed E-state index contributed by atoms with van der Waals surface area (Å²) in [6.07, 6.45) is 1.93. The van der Waals surface area contributed by atoms with Crippen LogP contribution in [-0.4, -0.2) is 31.8 Å². The van der Waals surface area contributed by atoms with Crippen molar-refractivity contribution in [3.05, 3.63) is 66.2 Å². The monoisotopic (exact) mass is 381 g/mol. The second-order valence-corrected chi connectivity index (χ2v) is 6.60. The van der Waals surface area contributed by atoms with E-state index < -0.39 is 11.9 Å². The molecule has 0 aliphatic rings. The summed E-state index contributed by atoms with van der Waals surface area (Å²) in [4.78, 5) is 25.5. The summed E-state index contributed by atoms with van der Waals surface area (Å²) in [6.45, 7) is -0.379. The van der Waals surface area contributed by atoms with Crippen LogP contribution in [0.4, 0.5) is 5.69 Å². The van der Waals surface area contributed by atoms with Crippen LogP contribution in [-0.2, 0) is 9.53 Å². The van der Waals surface area contributed by atoms with Gasteiger partial charge in [-0.25, -0.2) is 4.79 Å². The van der Waals surface area contributed by atoms with E-state index in [0.717, 1.165) is 15.7 Å². The van der Waals surface area contributed by atoms with Gasteiger partial charge in [0.2, 0.25) is 0 Å². The van der Waals surface area contributed by atoms with Crippen LogP contribution in [0, 0.1) is 0 Å². The van der Waals surface area contributed by atoms with Crippen LogP contribution in [0.5, 0.6) is 5.75 Å². The Morgan fingerprint density at radius 2 is 1.81 bits per heavy atom. The van der Waals surface area contributed by atoms with Gasteiger partial charge >= 0.3 is 5.97 Å². The quantitative estimate of drug-likeness (QED) is 0.507. The molecule has 1 amide bonds. The largest absolute Gasteiger partial charge is 0.496 e. The number of amides is 1. The van der Waals surface area contributed by atoms with Crippen molar-refractivity contribution < 1.29 is 19.1 Å². The lowest BCUT2D eigenvalue weighted by atomic mass is 10.1. The first-order valence-corrected chi connectivity index (χ1v) is 9.51. The summed E-state index contributed by atoms with van der Waals surface area (Å²) < 4.78 is 10.4. The average Bonchev–Trinajstić information content (AvgIpc) is 2.71. The van der Waals surface area contributed by atoms with Crippen molar-refractivity contribution >= 4 is 40.1 Å². The molecule has 3 aromatic rings. The van der Waals surface area contributed by atoms with Crippen molar-refractivity contribution in [1.29, 1.82) is 0 Å². The van der Waals surface area contributed by atoms with Gasteiger partial charge in [-0.2, -0.15) is 0 Å². The van der Waals surface area contributed by atoms with Crippen molar-refractivity contribution in [2.45, 2.75) is 4.90 Å². The normalized spacial score (nSPS) is 10.4. The van der Waals surface area contributed by atoms with E-state index in [1.165, 1.54) is 7.11 Å². The number of ether oxygens (including phenoxy) is 2. The Kier molecular flexibility index (Phi) is 5.98. The number of thioether (sulfide) groups is 1. The molecule has 0 heterocycles. The van der Waals surface area contributed by atoms with E-state index in [2.05, 4.69) is 5.32 Å². The maximum atomic E-state index is 12.3. The van der Waals surface area contributed by atoms with Crippen LogP contribution in [0.1, 0.15) is 10.4 Å². The minimum atomic E-state index is -0.604. The smallest absolute Gasteiger partial charge is 0.342 e. The molecule has 0 radical (unpaired) electrons. The van der Waals surface area contributed by atoms with Gasteiger partial charge in [-0.05, 0) is 35.9 Å². The van der Waals surface area contributed by atoms with Gasteiger partial charge in [0.15, 0.2) is 6.61 Å². The third kappa shape index (κ3) is 4.41. The predicted molar refractivity (Wildman–Crippen MR) is 108 cm³/mol. The molecule has 0 bridgehead atoms. The van der Waals surface area contributed by atoms with Crippen LogP contribution in [0.3, 0.4) is 0 Å². The van der Waals surface area contributed by atoms with E-state index in [1.54, 1.807) is 30.0 Å². The molecule has 0 aliphatic carbocycles. The highest BCUT2D eigenvalue weighted by molar-refractivity contribution is 7.98. The third-order valence-corrected chi connectivity index (χ3v) is 4.75. The number of esters is 1. The van der Waals surface area contributed by atoms with Crippen molar-refractivity contribution in [2.24, 2.45) is 0 Å². The fourth-order valence-corrected chi connectivity index (χ4v) is 3.13. The zero-order chi connectivity index (χ0) is 19.2. The molecule has 0 unspecified atom stereocenters. The lowest BCUT2D eigenvalue weighted by Gasteiger charge is -2.11. The molecule has 3 aromatic carbocycles. The first-order chi connectivity index (χ1) is 13.1. The summed E-state index contributed by atoms with van der Waals surface area (Å²) in [5.41, 5.74) is 0.962. The SMILES string of the molecule is COc1cc(SC)ccc1C(=O)OCC(=O)Nc1cccc2ccccc12. The summed E-state index contributed by atoms with van der Waals surface area (Å²) in [6, 6.07) is 18.6. The minimum absolute atomic E-state index is 0.285. The number of carbonyl (C=O) groups is 2. The standard InChI is InChI=1S/C21H19NO4S/c1-25-19-12-15(27-2)10-11-17(19)21(24)26-13-20(23)22-18-9-5-7-14-6-3-4-8-16(14)18/h3-12H,13H2,1-2H3,(H,22,23). The highest BCUT2D eigenvalue weighted by Gasteiger charge is 2.16. The number of hydrogen-bond donors (Lipinski definition) is 1. The first kappa shape index (κ1) is 18.8. The predicted octanol–water partition coefficient (Wildman–Crippen LogP) is 4.37. The fraction of sp³-hybridized carbons (Fsp3) is 0.143. The van der Waals surface area contributed by atoms with Crippen molar-refractivity contribution in [1.82, 2.24) is 0 Å².